The van der Waals surface area contributed by atoms with E-state index >= 15 is 0 Å². The van der Waals surface area contributed by atoms with Crippen LogP contribution in [0, 0.1) is 6.92 Å². The molecule has 0 fully saturated rings. The molecule has 0 spiro atoms. The fourth-order valence-corrected chi connectivity index (χ4v) is 0.818. The Bertz CT molecular complexity index is 315. The summed E-state index contributed by atoms with van der Waals surface area (Å²) in [6.45, 7) is 1.56. The molecule has 0 aliphatic heterocycles. The molecule has 12 heavy (non-hydrogen) atoms. The Morgan fingerprint density at radius 3 is 2.83 bits per heavy atom. The minimum absolute atomic E-state index is 0.0903. The summed E-state index contributed by atoms with van der Waals surface area (Å²) < 4.78 is 8.97. The van der Waals surface area contributed by atoms with Crippen molar-refractivity contribution in [3.63, 3.8) is 0 Å². The number of esters is 1. The number of ether oxygens (including phenoxy) is 1. The maximum atomic E-state index is 11.0. The molecule has 1 rings (SSSR count). The monoisotopic (exact) mass is 169 g/mol. The minimum Gasteiger partial charge on any atom is -0.465 e. The first-order valence-corrected chi connectivity index (χ1v) is 3.20. The molecule has 5 heteroatoms. The third-order valence-electron chi connectivity index (χ3n) is 1.39. The largest absolute Gasteiger partial charge is 0.465 e. The van der Waals surface area contributed by atoms with Crippen LogP contribution >= 0.6 is 0 Å². The topological polar surface area (TPSA) is 69.4 Å². The van der Waals surface area contributed by atoms with Gasteiger partial charge in [0.05, 0.1) is 12.8 Å². The van der Waals surface area contributed by atoms with Crippen LogP contribution in [-0.2, 0) is 4.74 Å². The van der Waals surface area contributed by atoms with E-state index in [1.807, 2.05) is 0 Å². The van der Waals surface area contributed by atoms with Crippen LogP contribution in [0.4, 0.5) is 0 Å². The fraction of sp³-hybridized carbons (Fsp3) is 0.286. The van der Waals surface area contributed by atoms with Crippen LogP contribution in [0.3, 0.4) is 0 Å². The first-order valence-electron chi connectivity index (χ1n) is 3.20. The lowest BCUT2D eigenvalue weighted by Crippen LogP contribution is -2.04. The standard InChI is InChI=1S/C7H7NO4/c1-4-6(7(10)11-2)5(3-9)12-8-4/h3H,1-2H3. The van der Waals surface area contributed by atoms with Gasteiger partial charge < -0.3 is 9.26 Å². The number of carbonyl (C=O) groups excluding carboxylic acids is 2. The van der Waals surface area contributed by atoms with Crippen molar-refractivity contribution in [3.05, 3.63) is 17.0 Å². The Labute approximate surface area is 68.3 Å². The molecule has 0 radical (unpaired) electrons. The summed E-state index contributed by atoms with van der Waals surface area (Å²) in [7, 11) is 1.23. The summed E-state index contributed by atoms with van der Waals surface area (Å²) in [6, 6.07) is 0. The van der Waals surface area contributed by atoms with Crippen molar-refractivity contribution in [2.75, 3.05) is 7.11 Å². The van der Waals surface area contributed by atoms with Gasteiger partial charge in [0.1, 0.15) is 5.56 Å². The molecule has 0 atom stereocenters. The van der Waals surface area contributed by atoms with Gasteiger partial charge in [-0.2, -0.15) is 0 Å². The molecular formula is C7H7NO4. The predicted molar refractivity (Wildman–Crippen MR) is 38.0 cm³/mol. The Kier molecular flexibility index (Phi) is 2.23. The number of aromatic nitrogens is 1. The van der Waals surface area contributed by atoms with Crippen LogP contribution < -0.4 is 0 Å². The number of rotatable bonds is 2. The molecule has 0 aliphatic carbocycles. The van der Waals surface area contributed by atoms with E-state index in [0.29, 0.717) is 12.0 Å². The fourth-order valence-electron chi connectivity index (χ4n) is 0.818. The highest BCUT2D eigenvalue weighted by Gasteiger charge is 2.19. The third-order valence-corrected chi connectivity index (χ3v) is 1.39. The van der Waals surface area contributed by atoms with Gasteiger partial charge in [0.25, 0.3) is 0 Å². The lowest BCUT2D eigenvalue weighted by atomic mass is 10.2. The van der Waals surface area contributed by atoms with Crippen molar-refractivity contribution in [1.82, 2.24) is 5.16 Å². The van der Waals surface area contributed by atoms with E-state index < -0.39 is 5.97 Å². The summed E-state index contributed by atoms with van der Waals surface area (Å²) in [6.07, 6.45) is 0.423. The quantitative estimate of drug-likeness (QED) is 0.478. The van der Waals surface area contributed by atoms with E-state index in [4.69, 9.17) is 0 Å². The maximum absolute atomic E-state index is 11.0. The molecule has 0 unspecified atom stereocenters. The second-order valence-electron chi connectivity index (χ2n) is 2.12. The molecule has 5 nitrogen and oxygen atoms in total. The molecule has 1 aromatic heterocycles. The third kappa shape index (κ3) is 1.20. The summed E-state index contributed by atoms with van der Waals surface area (Å²) in [5, 5.41) is 3.45. The zero-order chi connectivity index (χ0) is 9.14. The van der Waals surface area contributed by atoms with Crippen molar-refractivity contribution in [1.29, 1.82) is 0 Å². The molecule has 0 saturated heterocycles. The number of nitrogens with zero attached hydrogens (tertiary/aromatic N) is 1. The van der Waals surface area contributed by atoms with Crippen molar-refractivity contribution in [3.8, 4) is 0 Å². The molecule has 64 valence electrons. The number of aryl methyl sites for hydroxylation is 1. The van der Waals surface area contributed by atoms with Crippen LogP contribution in [-0.4, -0.2) is 24.5 Å². The lowest BCUT2D eigenvalue weighted by Gasteiger charge is -1.94. The van der Waals surface area contributed by atoms with E-state index in [-0.39, 0.29) is 11.3 Å². The first kappa shape index (κ1) is 8.45. The van der Waals surface area contributed by atoms with Gasteiger partial charge in [0, 0.05) is 0 Å². The van der Waals surface area contributed by atoms with E-state index in [0.717, 1.165) is 0 Å². The van der Waals surface area contributed by atoms with Gasteiger partial charge in [0.2, 0.25) is 5.76 Å². The minimum atomic E-state index is -0.615. The molecule has 0 amide bonds. The number of methoxy groups -OCH3 is 1. The Hall–Kier alpha value is -1.65. The zero-order valence-electron chi connectivity index (χ0n) is 6.66. The highest BCUT2D eigenvalue weighted by Crippen LogP contribution is 2.11. The van der Waals surface area contributed by atoms with E-state index in [1.165, 1.54) is 7.11 Å². The smallest absolute Gasteiger partial charge is 0.343 e. The average Bonchev–Trinajstić information content (AvgIpc) is 2.45. The summed E-state index contributed by atoms with van der Waals surface area (Å²) in [5.74, 6) is -0.713. The van der Waals surface area contributed by atoms with E-state index in [2.05, 4.69) is 14.4 Å². The van der Waals surface area contributed by atoms with Crippen molar-refractivity contribution in [2.45, 2.75) is 6.92 Å². The van der Waals surface area contributed by atoms with Gasteiger partial charge >= 0.3 is 5.97 Å². The summed E-state index contributed by atoms with van der Waals surface area (Å²) >= 11 is 0. The second-order valence-corrected chi connectivity index (χ2v) is 2.12. The summed E-state index contributed by atoms with van der Waals surface area (Å²) in [5.41, 5.74) is 0.441. The molecule has 0 bridgehead atoms. The maximum Gasteiger partial charge on any atom is 0.343 e. The first-order chi connectivity index (χ1) is 5.70. The van der Waals surface area contributed by atoms with Gasteiger partial charge in [-0.3, -0.25) is 4.79 Å². The average molecular weight is 169 g/mol. The predicted octanol–water partition coefficient (Wildman–Crippen LogP) is 0.582. The van der Waals surface area contributed by atoms with Gasteiger partial charge in [-0.1, -0.05) is 5.16 Å². The highest BCUT2D eigenvalue weighted by atomic mass is 16.5. The molecular weight excluding hydrogens is 162 g/mol. The summed E-state index contributed by atoms with van der Waals surface area (Å²) in [4.78, 5) is 21.3. The molecule has 0 aliphatic rings. The van der Waals surface area contributed by atoms with Gasteiger partial charge in [-0.05, 0) is 6.92 Å². The Balaban J connectivity index is 3.18. The van der Waals surface area contributed by atoms with Crippen molar-refractivity contribution in [2.24, 2.45) is 0 Å². The van der Waals surface area contributed by atoms with Crippen LogP contribution in [0.15, 0.2) is 4.52 Å². The number of carbonyl (C=O) groups is 2. The highest BCUT2D eigenvalue weighted by molar-refractivity contribution is 5.97. The zero-order valence-corrected chi connectivity index (χ0v) is 6.66. The van der Waals surface area contributed by atoms with Crippen molar-refractivity contribution >= 4 is 12.3 Å². The van der Waals surface area contributed by atoms with Crippen LogP contribution in [0.2, 0.25) is 0 Å². The van der Waals surface area contributed by atoms with E-state index in [9.17, 15) is 9.59 Å². The Morgan fingerprint density at radius 1 is 1.67 bits per heavy atom. The number of hydrogen-bond acceptors (Lipinski definition) is 5. The van der Waals surface area contributed by atoms with Gasteiger partial charge in [-0.15, -0.1) is 0 Å². The van der Waals surface area contributed by atoms with Gasteiger partial charge in [-0.25, -0.2) is 4.79 Å². The normalized spacial score (nSPS) is 9.50. The second kappa shape index (κ2) is 3.17. The van der Waals surface area contributed by atoms with Crippen LogP contribution in [0.25, 0.3) is 0 Å². The number of hydrogen-bond donors (Lipinski definition) is 0. The molecule has 0 saturated carbocycles. The molecule has 0 aromatic carbocycles. The van der Waals surface area contributed by atoms with Crippen LogP contribution in [0.1, 0.15) is 26.6 Å². The Morgan fingerprint density at radius 2 is 2.33 bits per heavy atom. The molecule has 0 N–H and O–H groups in total. The van der Waals surface area contributed by atoms with E-state index in [1.54, 1.807) is 6.92 Å². The lowest BCUT2D eigenvalue weighted by molar-refractivity contribution is 0.0596. The molecule has 1 heterocycles. The van der Waals surface area contributed by atoms with Crippen molar-refractivity contribution < 1.29 is 18.8 Å². The van der Waals surface area contributed by atoms with Crippen LogP contribution in [0.5, 0.6) is 0 Å². The van der Waals surface area contributed by atoms with Gasteiger partial charge in [0.15, 0.2) is 6.29 Å². The number of aldehydes is 1. The molecule has 1 aromatic rings. The SMILES string of the molecule is COC(=O)c1c(C)noc1C=O.